The minimum absolute atomic E-state index is 0.0455. The molecule has 0 aliphatic rings. The van der Waals surface area contributed by atoms with E-state index < -0.39 is 5.82 Å². The second kappa shape index (κ2) is 5.63. The molecule has 0 amide bonds. The normalized spacial score (nSPS) is 11.6. The second-order valence-corrected chi connectivity index (χ2v) is 6.80. The highest BCUT2D eigenvalue weighted by atomic mass is 35.5. The van der Waals surface area contributed by atoms with Crippen molar-refractivity contribution in [1.29, 1.82) is 0 Å². The zero-order valence-corrected chi connectivity index (χ0v) is 14.6. The van der Waals surface area contributed by atoms with E-state index in [9.17, 15) is 10.2 Å². The van der Waals surface area contributed by atoms with Crippen LogP contribution in [0.5, 0.6) is 11.5 Å². The van der Waals surface area contributed by atoms with Gasteiger partial charge in [-0.15, -0.1) is 0 Å². The smallest absolute Gasteiger partial charge is 0.156 e. The molecule has 0 unspecified atom stereocenters. The Morgan fingerprint density at radius 2 is 1.63 bits per heavy atom. The van der Waals surface area contributed by atoms with Crippen LogP contribution in [0.15, 0.2) is 65.1 Å². The summed E-state index contributed by atoms with van der Waals surface area (Å²) >= 11 is 6.37. The van der Waals surface area contributed by atoms with Gasteiger partial charge in [-0.05, 0) is 35.7 Å². The van der Waals surface area contributed by atoms with E-state index in [0.29, 0.717) is 27.3 Å². The van der Waals surface area contributed by atoms with Crippen molar-refractivity contribution in [2.75, 3.05) is 0 Å². The van der Waals surface area contributed by atoms with Crippen molar-refractivity contribution in [1.82, 2.24) is 0 Å². The lowest BCUT2D eigenvalue weighted by Gasteiger charge is -2.10. The van der Waals surface area contributed by atoms with Crippen molar-refractivity contribution in [3.8, 4) is 22.6 Å². The van der Waals surface area contributed by atoms with Crippen molar-refractivity contribution >= 4 is 44.3 Å². The summed E-state index contributed by atoms with van der Waals surface area (Å²) in [7, 11) is 0. The number of phenols is 2. The summed E-state index contributed by atoms with van der Waals surface area (Å²) in [6.07, 6.45) is 0. The van der Waals surface area contributed by atoms with E-state index in [1.807, 2.05) is 0 Å². The van der Waals surface area contributed by atoms with Crippen LogP contribution < -0.4 is 0 Å². The quantitative estimate of drug-likeness (QED) is 0.345. The van der Waals surface area contributed by atoms with Gasteiger partial charge in [0.2, 0.25) is 0 Å². The fourth-order valence-corrected chi connectivity index (χ4v) is 3.77. The number of rotatable bonds is 1. The number of para-hydroxylation sites is 1. The molecule has 0 bridgehead atoms. The minimum Gasteiger partial charge on any atom is -0.507 e. The molecule has 0 fully saturated rings. The van der Waals surface area contributed by atoms with Gasteiger partial charge in [-0.3, -0.25) is 0 Å². The molecule has 0 aliphatic carbocycles. The first-order valence-electron chi connectivity index (χ1n) is 8.29. The van der Waals surface area contributed by atoms with Crippen molar-refractivity contribution in [2.45, 2.75) is 0 Å². The summed E-state index contributed by atoms with van der Waals surface area (Å²) in [5.74, 6) is -0.621. The number of fused-ring (bicyclic) bond motifs is 4. The molecule has 0 saturated carbocycles. The molecule has 1 heterocycles. The first-order chi connectivity index (χ1) is 13.0. The number of phenolic OH excluding ortho intramolecular Hbond substituents is 2. The summed E-state index contributed by atoms with van der Waals surface area (Å²) in [6.45, 7) is 0. The third-order valence-corrected chi connectivity index (χ3v) is 5.08. The molecule has 4 aromatic carbocycles. The van der Waals surface area contributed by atoms with Gasteiger partial charge in [0.05, 0.1) is 10.4 Å². The monoisotopic (exact) mass is 378 g/mol. The highest BCUT2D eigenvalue weighted by Crippen LogP contribution is 2.43. The van der Waals surface area contributed by atoms with Gasteiger partial charge in [0.15, 0.2) is 5.58 Å². The molecule has 0 saturated heterocycles. The summed E-state index contributed by atoms with van der Waals surface area (Å²) in [5, 5.41) is 22.8. The molecule has 0 spiro atoms. The fourth-order valence-electron chi connectivity index (χ4n) is 3.53. The van der Waals surface area contributed by atoms with E-state index in [4.69, 9.17) is 16.0 Å². The van der Waals surface area contributed by atoms with Crippen LogP contribution >= 0.6 is 11.6 Å². The average Bonchev–Trinajstić information content (AvgIpc) is 3.06. The molecule has 1 aromatic heterocycles. The van der Waals surface area contributed by atoms with Crippen LogP contribution in [0.2, 0.25) is 5.02 Å². The van der Waals surface area contributed by atoms with E-state index in [-0.39, 0.29) is 33.1 Å². The van der Waals surface area contributed by atoms with Crippen LogP contribution in [0.25, 0.3) is 43.8 Å². The Morgan fingerprint density at radius 1 is 0.815 bits per heavy atom. The van der Waals surface area contributed by atoms with Gasteiger partial charge in [-0.25, -0.2) is 4.39 Å². The third-order valence-electron chi connectivity index (χ3n) is 4.80. The summed E-state index contributed by atoms with van der Waals surface area (Å²) in [4.78, 5) is 0. The van der Waals surface area contributed by atoms with Gasteiger partial charge in [0.1, 0.15) is 22.9 Å². The Hall–Kier alpha value is -3.24. The van der Waals surface area contributed by atoms with E-state index in [0.717, 1.165) is 0 Å². The lowest BCUT2D eigenvalue weighted by atomic mass is 9.97. The Labute approximate surface area is 157 Å². The first kappa shape index (κ1) is 16.0. The topological polar surface area (TPSA) is 53.6 Å². The molecule has 5 heteroatoms. The van der Waals surface area contributed by atoms with E-state index in [1.165, 1.54) is 18.2 Å². The number of benzene rings is 4. The molecule has 0 aliphatic heterocycles. The van der Waals surface area contributed by atoms with Crippen LogP contribution in [0.4, 0.5) is 4.39 Å². The maximum atomic E-state index is 15.5. The van der Waals surface area contributed by atoms with E-state index in [1.54, 1.807) is 42.5 Å². The number of hydrogen-bond donors (Lipinski definition) is 2. The largest absolute Gasteiger partial charge is 0.507 e. The van der Waals surface area contributed by atoms with Gasteiger partial charge < -0.3 is 14.6 Å². The van der Waals surface area contributed by atoms with Crippen LogP contribution in [-0.2, 0) is 0 Å². The van der Waals surface area contributed by atoms with Gasteiger partial charge >= 0.3 is 0 Å². The zero-order chi connectivity index (χ0) is 18.7. The molecule has 0 radical (unpaired) electrons. The van der Waals surface area contributed by atoms with Crippen LogP contribution in [0.1, 0.15) is 0 Å². The summed E-state index contributed by atoms with van der Waals surface area (Å²) in [6, 6.07) is 16.6. The minimum atomic E-state index is -0.519. The van der Waals surface area contributed by atoms with E-state index in [2.05, 4.69) is 0 Å². The van der Waals surface area contributed by atoms with Crippen LogP contribution in [-0.4, -0.2) is 10.2 Å². The van der Waals surface area contributed by atoms with Gasteiger partial charge in [-0.1, -0.05) is 41.9 Å². The fraction of sp³-hybridized carbons (Fsp3) is 0. The van der Waals surface area contributed by atoms with Gasteiger partial charge in [-0.2, -0.15) is 0 Å². The molecule has 5 aromatic rings. The maximum absolute atomic E-state index is 15.5. The second-order valence-electron chi connectivity index (χ2n) is 6.39. The van der Waals surface area contributed by atoms with Crippen molar-refractivity contribution in [3.63, 3.8) is 0 Å². The Bertz CT molecular complexity index is 1370. The predicted octanol–water partition coefficient (Wildman–Crippen LogP) is 6.61. The van der Waals surface area contributed by atoms with Gasteiger partial charge in [0, 0.05) is 21.9 Å². The number of aromatic hydroxyl groups is 2. The molecule has 132 valence electrons. The van der Waals surface area contributed by atoms with Crippen LogP contribution in [0, 0.1) is 5.82 Å². The Kier molecular flexibility index (Phi) is 3.33. The molecule has 3 nitrogen and oxygen atoms in total. The average molecular weight is 379 g/mol. The molecule has 5 rings (SSSR count). The highest BCUT2D eigenvalue weighted by Gasteiger charge is 2.21. The molecular weight excluding hydrogens is 367 g/mol. The molecule has 0 atom stereocenters. The molecular formula is C22H12ClFO3. The number of hydrogen-bond acceptors (Lipinski definition) is 3. The third kappa shape index (κ3) is 2.27. The van der Waals surface area contributed by atoms with Crippen molar-refractivity contribution in [2.24, 2.45) is 0 Å². The van der Waals surface area contributed by atoms with Crippen LogP contribution in [0.3, 0.4) is 0 Å². The Morgan fingerprint density at radius 3 is 2.48 bits per heavy atom. The number of halogens is 2. The SMILES string of the molecule is Oc1cc2c(O)cccc2cc1-c1cc(Cl)c2oc3ccccc3c2c1F. The Balaban J connectivity index is 1.88. The van der Waals surface area contributed by atoms with Crippen molar-refractivity contribution < 1.29 is 19.0 Å². The first-order valence-corrected chi connectivity index (χ1v) is 8.66. The van der Waals surface area contributed by atoms with E-state index >= 15 is 4.39 Å². The molecule has 2 N–H and O–H groups in total. The standard InChI is InChI=1S/C22H12ClFO3/c23-16-9-15(14-8-11-4-3-6-17(25)13(11)10-18(14)26)21(24)20-12-5-1-2-7-19(12)27-22(16)20/h1-10,25-26H. The lowest BCUT2D eigenvalue weighted by Crippen LogP contribution is -1.88. The van der Waals surface area contributed by atoms with Gasteiger partial charge in [0.25, 0.3) is 0 Å². The lowest BCUT2D eigenvalue weighted by molar-refractivity contribution is 0.472. The number of furan rings is 1. The zero-order valence-electron chi connectivity index (χ0n) is 13.8. The van der Waals surface area contributed by atoms with Crippen molar-refractivity contribution in [3.05, 3.63) is 71.5 Å². The summed E-state index contributed by atoms with van der Waals surface area (Å²) in [5.41, 5.74) is 1.27. The maximum Gasteiger partial charge on any atom is 0.156 e. The summed E-state index contributed by atoms with van der Waals surface area (Å²) < 4.78 is 21.2. The molecule has 27 heavy (non-hydrogen) atoms. The highest BCUT2D eigenvalue weighted by molar-refractivity contribution is 6.36. The predicted molar refractivity (Wildman–Crippen MR) is 105 cm³/mol.